The van der Waals surface area contributed by atoms with E-state index in [9.17, 15) is 4.79 Å². The van der Waals surface area contributed by atoms with E-state index < -0.39 is 0 Å². The largest absolute Gasteiger partial charge is 0.463 e. The second-order valence-corrected chi connectivity index (χ2v) is 5.46. The smallest absolute Gasteiger partial charge is 0.306 e. The summed E-state index contributed by atoms with van der Waals surface area (Å²) >= 11 is 0. The fourth-order valence-electron chi connectivity index (χ4n) is 2.16. The van der Waals surface area contributed by atoms with Crippen molar-refractivity contribution >= 4 is 5.97 Å². The topological polar surface area (TPSA) is 52.3 Å². The molecule has 0 bridgehead atoms. The first-order valence-electron chi connectivity index (χ1n) is 8.10. The van der Waals surface area contributed by atoms with Crippen molar-refractivity contribution in [1.29, 1.82) is 0 Å². The summed E-state index contributed by atoms with van der Waals surface area (Å²) in [5.41, 5.74) is 5.41. The standard InChI is InChI=1S/C16H33NO2/c1-3-4-5-6-7-8-9-10-11-12-16(18)19-15(2)13-14-17/h15H,3-14,17H2,1-2H3/t15-/m1/s1. The molecule has 0 aromatic rings. The first-order valence-corrected chi connectivity index (χ1v) is 8.10. The molecule has 0 aliphatic heterocycles. The molecule has 0 aliphatic carbocycles. The molecule has 0 fully saturated rings. The monoisotopic (exact) mass is 271 g/mol. The van der Waals surface area contributed by atoms with Gasteiger partial charge in [0.25, 0.3) is 0 Å². The second-order valence-electron chi connectivity index (χ2n) is 5.46. The van der Waals surface area contributed by atoms with Crippen LogP contribution >= 0.6 is 0 Å². The number of hydrogen-bond acceptors (Lipinski definition) is 3. The highest BCUT2D eigenvalue weighted by molar-refractivity contribution is 5.69. The van der Waals surface area contributed by atoms with Crippen LogP contribution < -0.4 is 5.73 Å². The van der Waals surface area contributed by atoms with E-state index in [2.05, 4.69) is 6.92 Å². The van der Waals surface area contributed by atoms with Gasteiger partial charge in [0.1, 0.15) is 6.10 Å². The minimum atomic E-state index is -0.0658. The Morgan fingerprint density at radius 1 is 1.00 bits per heavy atom. The van der Waals surface area contributed by atoms with Crippen molar-refractivity contribution in [1.82, 2.24) is 0 Å². The van der Waals surface area contributed by atoms with Gasteiger partial charge in [-0.3, -0.25) is 4.79 Å². The predicted molar refractivity (Wildman–Crippen MR) is 81.1 cm³/mol. The van der Waals surface area contributed by atoms with E-state index in [1.807, 2.05) is 6.92 Å². The van der Waals surface area contributed by atoms with Crippen molar-refractivity contribution in [2.45, 2.75) is 90.6 Å². The van der Waals surface area contributed by atoms with Crippen LogP contribution in [0.3, 0.4) is 0 Å². The highest BCUT2D eigenvalue weighted by Gasteiger charge is 2.07. The first kappa shape index (κ1) is 18.4. The van der Waals surface area contributed by atoms with Gasteiger partial charge in [0.2, 0.25) is 0 Å². The van der Waals surface area contributed by atoms with Gasteiger partial charge in [-0.25, -0.2) is 0 Å². The number of hydrogen-bond donors (Lipinski definition) is 1. The van der Waals surface area contributed by atoms with Crippen molar-refractivity contribution in [3.05, 3.63) is 0 Å². The van der Waals surface area contributed by atoms with E-state index in [1.165, 1.54) is 44.9 Å². The highest BCUT2D eigenvalue weighted by atomic mass is 16.5. The van der Waals surface area contributed by atoms with Crippen molar-refractivity contribution < 1.29 is 9.53 Å². The summed E-state index contributed by atoms with van der Waals surface area (Å²) in [4.78, 5) is 11.5. The maximum atomic E-state index is 11.5. The normalized spacial score (nSPS) is 12.4. The summed E-state index contributed by atoms with van der Waals surface area (Å²) in [6.45, 7) is 4.72. The third kappa shape index (κ3) is 13.7. The Morgan fingerprint density at radius 3 is 2.05 bits per heavy atom. The zero-order chi connectivity index (χ0) is 14.3. The van der Waals surface area contributed by atoms with Gasteiger partial charge in [-0.15, -0.1) is 0 Å². The zero-order valence-corrected chi connectivity index (χ0v) is 13.0. The van der Waals surface area contributed by atoms with Crippen LogP contribution in [0.1, 0.15) is 84.5 Å². The summed E-state index contributed by atoms with van der Waals surface area (Å²) < 4.78 is 5.24. The molecule has 0 rings (SSSR count). The lowest BCUT2D eigenvalue weighted by Gasteiger charge is -2.11. The minimum absolute atomic E-state index is 0.0314. The van der Waals surface area contributed by atoms with Crippen LogP contribution in [0.15, 0.2) is 0 Å². The molecule has 3 nitrogen and oxygen atoms in total. The van der Waals surface area contributed by atoms with Crippen LogP contribution in [-0.2, 0) is 9.53 Å². The van der Waals surface area contributed by atoms with Crippen molar-refractivity contribution in [3.8, 4) is 0 Å². The zero-order valence-electron chi connectivity index (χ0n) is 13.0. The molecule has 0 spiro atoms. The second kappa shape index (κ2) is 13.9. The molecule has 19 heavy (non-hydrogen) atoms. The van der Waals surface area contributed by atoms with E-state index in [4.69, 9.17) is 10.5 Å². The van der Waals surface area contributed by atoms with Crippen LogP contribution in [0.25, 0.3) is 0 Å². The van der Waals surface area contributed by atoms with Crippen LogP contribution in [0.4, 0.5) is 0 Å². The fraction of sp³-hybridized carbons (Fsp3) is 0.938. The van der Waals surface area contributed by atoms with Crippen LogP contribution in [0.2, 0.25) is 0 Å². The van der Waals surface area contributed by atoms with Gasteiger partial charge in [0.15, 0.2) is 0 Å². The minimum Gasteiger partial charge on any atom is -0.463 e. The molecule has 0 heterocycles. The van der Waals surface area contributed by atoms with Crippen molar-refractivity contribution in [3.63, 3.8) is 0 Å². The van der Waals surface area contributed by atoms with E-state index in [-0.39, 0.29) is 12.1 Å². The number of rotatable bonds is 13. The lowest BCUT2D eigenvalue weighted by molar-refractivity contribution is -0.148. The van der Waals surface area contributed by atoms with Crippen LogP contribution in [0.5, 0.6) is 0 Å². The Labute approximate surface area is 119 Å². The third-order valence-electron chi connectivity index (χ3n) is 3.39. The van der Waals surface area contributed by atoms with Crippen LogP contribution in [-0.4, -0.2) is 18.6 Å². The number of nitrogens with two attached hydrogens (primary N) is 1. The van der Waals surface area contributed by atoms with Crippen molar-refractivity contribution in [2.75, 3.05) is 6.54 Å². The predicted octanol–water partition coefficient (Wildman–Crippen LogP) is 4.19. The molecule has 0 amide bonds. The van der Waals surface area contributed by atoms with E-state index in [1.54, 1.807) is 0 Å². The van der Waals surface area contributed by atoms with Gasteiger partial charge in [0.05, 0.1) is 0 Å². The molecule has 0 aromatic carbocycles. The number of unbranched alkanes of at least 4 members (excludes halogenated alkanes) is 8. The van der Waals surface area contributed by atoms with E-state index in [0.29, 0.717) is 13.0 Å². The summed E-state index contributed by atoms with van der Waals surface area (Å²) in [5.74, 6) is -0.0658. The number of carbonyl (C=O) groups is 1. The maximum Gasteiger partial charge on any atom is 0.306 e. The maximum absolute atomic E-state index is 11.5. The average Bonchev–Trinajstić information content (AvgIpc) is 2.37. The summed E-state index contributed by atoms with van der Waals surface area (Å²) in [5, 5.41) is 0. The number of ether oxygens (including phenoxy) is 1. The van der Waals surface area contributed by atoms with E-state index >= 15 is 0 Å². The molecule has 0 aromatic heterocycles. The van der Waals surface area contributed by atoms with Crippen LogP contribution in [0, 0.1) is 0 Å². The molecule has 114 valence electrons. The molecular formula is C16H33NO2. The lowest BCUT2D eigenvalue weighted by atomic mass is 10.1. The van der Waals surface area contributed by atoms with Gasteiger partial charge < -0.3 is 10.5 Å². The van der Waals surface area contributed by atoms with Gasteiger partial charge in [-0.2, -0.15) is 0 Å². The van der Waals surface area contributed by atoms with Crippen molar-refractivity contribution in [2.24, 2.45) is 5.73 Å². The van der Waals surface area contributed by atoms with Gasteiger partial charge in [-0.1, -0.05) is 58.3 Å². The van der Waals surface area contributed by atoms with E-state index in [0.717, 1.165) is 19.3 Å². The summed E-state index contributed by atoms with van der Waals surface area (Å²) in [6, 6.07) is 0. The lowest BCUT2D eigenvalue weighted by Crippen LogP contribution is -2.18. The Kier molecular flexibility index (Phi) is 13.4. The molecule has 2 N–H and O–H groups in total. The third-order valence-corrected chi connectivity index (χ3v) is 3.39. The molecule has 0 saturated carbocycles. The van der Waals surface area contributed by atoms with Gasteiger partial charge >= 0.3 is 5.97 Å². The Bertz CT molecular complexity index is 207. The Balaban J connectivity index is 3.23. The molecule has 0 aliphatic rings. The molecule has 1 atom stereocenters. The molecule has 0 radical (unpaired) electrons. The number of carbonyl (C=O) groups excluding carboxylic acids is 1. The fourth-order valence-corrected chi connectivity index (χ4v) is 2.16. The molecular weight excluding hydrogens is 238 g/mol. The number of esters is 1. The molecule has 3 heteroatoms. The van der Waals surface area contributed by atoms with Gasteiger partial charge in [-0.05, 0) is 26.3 Å². The Morgan fingerprint density at radius 2 is 1.53 bits per heavy atom. The quantitative estimate of drug-likeness (QED) is 0.404. The highest BCUT2D eigenvalue weighted by Crippen LogP contribution is 2.11. The molecule has 0 saturated heterocycles. The average molecular weight is 271 g/mol. The van der Waals surface area contributed by atoms with Gasteiger partial charge in [0, 0.05) is 6.42 Å². The summed E-state index contributed by atoms with van der Waals surface area (Å²) in [6.07, 6.45) is 12.7. The molecule has 0 unspecified atom stereocenters. The first-order chi connectivity index (χ1) is 9.20. The summed E-state index contributed by atoms with van der Waals surface area (Å²) in [7, 11) is 0. The SMILES string of the molecule is CCCCCCCCCCCC(=O)O[C@H](C)CCN. The Hall–Kier alpha value is -0.570.